The molecule has 6 heteroatoms. The standard InChI is InChI=1S/C10H14BrN3O2/c1-10(2,16-3)9(15)14-8-7(11)4-6(12)5-13-8/h4-5H,12H2,1-3H3,(H,13,14,15). The summed E-state index contributed by atoms with van der Waals surface area (Å²) in [5, 5.41) is 2.65. The SMILES string of the molecule is COC(C)(C)C(=O)Nc1ncc(N)cc1Br. The molecule has 0 aliphatic rings. The zero-order chi connectivity index (χ0) is 12.3. The average molecular weight is 288 g/mol. The molecule has 0 saturated heterocycles. The number of methoxy groups -OCH3 is 1. The number of amides is 1. The first-order valence-electron chi connectivity index (χ1n) is 4.64. The highest BCUT2D eigenvalue weighted by molar-refractivity contribution is 9.10. The van der Waals surface area contributed by atoms with E-state index in [0.717, 1.165) is 0 Å². The van der Waals surface area contributed by atoms with Gasteiger partial charge in [-0.05, 0) is 35.8 Å². The van der Waals surface area contributed by atoms with Crippen LogP contribution in [0.4, 0.5) is 11.5 Å². The number of carbonyl (C=O) groups excluding carboxylic acids is 1. The van der Waals surface area contributed by atoms with Crippen molar-refractivity contribution in [1.82, 2.24) is 4.98 Å². The van der Waals surface area contributed by atoms with E-state index in [1.54, 1.807) is 19.9 Å². The Balaban J connectivity index is 2.85. The molecule has 1 amide bonds. The van der Waals surface area contributed by atoms with E-state index in [9.17, 15) is 4.79 Å². The second kappa shape index (κ2) is 4.80. The maximum Gasteiger partial charge on any atom is 0.257 e. The minimum atomic E-state index is -0.900. The Morgan fingerprint density at radius 2 is 2.25 bits per heavy atom. The Hall–Kier alpha value is -1.14. The van der Waals surface area contributed by atoms with Crippen LogP contribution < -0.4 is 11.1 Å². The van der Waals surface area contributed by atoms with Crippen molar-refractivity contribution in [3.8, 4) is 0 Å². The predicted octanol–water partition coefficient (Wildman–Crippen LogP) is 1.79. The molecule has 0 aliphatic heterocycles. The van der Waals surface area contributed by atoms with Gasteiger partial charge in [-0.2, -0.15) is 0 Å². The van der Waals surface area contributed by atoms with Crippen LogP contribution >= 0.6 is 15.9 Å². The minimum absolute atomic E-state index is 0.270. The van der Waals surface area contributed by atoms with Crippen LogP contribution in [0.1, 0.15) is 13.8 Å². The van der Waals surface area contributed by atoms with Crippen LogP contribution in [0.5, 0.6) is 0 Å². The van der Waals surface area contributed by atoms with Crippen LogP contribution in [-0.2, 0) is 9.53 Å². The second-order valence-electron chi connectivity index (χ2n) is 3.77. The van der Waals surface area contributed by atoms with Gasteiger partial charge in [-0.3, -0.25) is 4.79 Å². The number of carbonyl (C=O) groups is 1. The van der Waals surface area contributed by atoms with Crippen LogP contribution in [0.25, 0.3) is 0 Å². The van der Waals surface area contributed by atoms with E-state index in [2.05, 4.69) is 26.2 Å². The highest BCUT2D eigenvalue weighted by Crippen LogP contribution is 2.23. The van der Waals surface area contributed by atoms with Gasteiger partial charge in [0.1, 0.15) is 11.4 Å². The van der Waals surface area contributed by atoms with Crippen molar-refractivity contribution in [3.63, 3.8) is 0 Å². The molecule has 0 spiro atoms. The summed E-state index contributed by atoms with van der Waals surface area (Å²) in [4.78, 5) is 15.8. The van der Waals surface area contributed by atoms with Crippen molar-refractivity contribution in [1.29, 1.82) is 0 Å². The number of nitrogens with zero attached hydrogens (tertiary/aromatic N) is 1. The van der Waals surface area contributed by atoms with Crippen LogP contribution in [0.3, 0.4) is 0 Å². The zero-order valence-corrected chi connectivity index (χ0v) is 11.0. The molecule has 0 unspecified atom stereocenters. The Morgan fingerprint density at radius 3 is 2.75 bits per heavy atom. The fourth-order valence-electron chi connectivity index (χ4n) is 0.895. The van der Waals surface area contributed by atoms with Crippen LogP contribution in [0, 0.1) is 0 Å². The topological polar surface area (TPSA) is 77.2 Å². The minimum Gasteiger partial charge on any atom is -0.397 e. The van der Waals surface area contributed by atoms with Gasteiger partial charge in [0.2, 0.25) is 0 Å². The quantitative estimate of drug-likeness (QED) is 0.889. The number of hydrogen-bond donors (Lipinski definition) is 2. The molecule has 0 bridgehead atoms. The molecule has 1 aromatic heterocycles. The van der Waals surface area contributed by atoms with Crippen molar-refractivity contribution in [2.75, 3.05) is 18.2 Å². The monoisotopic (exact) mass is 287 g/mol. The molecule has 1 heterocycles. The van der Waals surface area contributed by atoms with Crippen molar-refractivity contribution < 1.29 is 9.53 Å². The number of nitrogen functional groups attached to an aromatic ring is 1. The van der Waals surface area contributed by atoms with E-state index in [0.29, 0.717) is 16.0 Å². The molecular formula is C10H14BrN3O2. The van der Waals surface area contributed by atoms with Crippen LogP contribution in [-0.4, -0.2) is 23.6 Å². The first-order valence-corrected chi connectivity index (χ1v) is 5.43. The van der Waals surface area contributed by atoms with Gasteiger partial charge in [0.05, 0.1) is 16.4 Å². The Labute approximate surface area is 103 Å². The van der Waals surface area contributed by atoms with Crippen LogP contribution in [0.15, 0.2) is 16.7 Å². The lowest BCUT2D eigenvalue weighted by atomic mass is 10.1. The van der Waals surface area contributed by atoms with E-state index in [4.69, 9.17) is 10.5 Å². The third-order valence-corrected chi connectivity index (χ3v) is 2.76. The van der Waals surface area contributed by atoms with Crippen molar-refractivity contribution in [2.24, 2.45) is 0 Å². The number of nitrogens with one attached hydrogen (secondary N) is 1. The third kappa shape index (κ3) is 2.93. The van der Waals surface area contributed by atoms with Gasteiger partial charge < -0.3 is 15.8 Å². The summed E-state index contributed by atoms with van der Waals surface area (Å²) >= 11 is 3.27. The first kappa shape index (κ1) is 12.9. The maximum absolute atomic E-state index is 11.8. The molecule has 88 valence electrons. The summed E-state index contributed by atoms with van der Waals surface area (Å²) < 4.78 is 5.69. The van der Waals surface area contributed by atoms with Crippen molar-refractivity contribution in [2.45, 2.75) is 19.4 Å². The van der Waals surface area contributed by atoms with Crippen molar-refractivity contribution >= 4 is 33.3 Å². The number of rotatable bonds is 3. The molecule has 1 rings (SSSR count). The summed E-state index contributed by atoms with van der Waals surface area (Å²) in [5.74, 6) is 0.150. The Bertz CT molecular complexity index is 407. The number of ether oxygens (including phenoxy) is 1. The maximum atomic E-state index is 11.8. The van der Waals surface area contributed by atoms with Gasteiger partial charge in [-0.1, -0.05) is 0 Å². The van der Waals surface area contributed by atoms with Crippen molar-refractivity contribution in [3.05, 3.63) is 16.7 Å². The summed E-state index contributed by atoms with van der Waals surface area (Å²) in [7, 11) is 1.48. The smallest absolute Gasteiger partial charge is 0.257 e. The zero-order valence-electron chi connectivity index (χ0n) is 9.37. The molecule has 16 heavy (non-hydrogen) atoms. The average Bonchev–Trinajstić information content (AvgIpc) is 2.22. The summed E-state index contributed by atoms with van der Waals surface area (Å²) in [6.45, 7) is 3.35. The molecular weight excluding hydrogens is 274 g/mol. The van der Waals surface area contributed by atoms with Gasteiger partial charge >= 0.3 is 0 Å². The number of nitrogens with two attached hydrogens (primary N) is 1. The first-order chi connectivity index (χ1) is 7.36. The molecule has 3 N–H and O–H groups in total. The number of halogens is 1. The van der Waals surface area contributed by atoms with Gasteiger partial charge in [-0.25, -0.2) is 4.98 Å². The lowest BCUT2D eigenvalue weighted by Crippen LogP contribution is -2.39. The van der Waals surface area contributed by atoms with E-state index >= 15 is 0 Å². The number of anilines is 2. The van der Waals surface area contributed by atoms with Gasteiger partial charge in [0.15, 0.2) is 0 Å². The number of pyridine rings is 1. The summed E-state index contributed by atoms with van der Waals surface area (Å²) in [5.41, 5.74) is 5.16. The Kier molecular flexibility index (Phi) is 3.88. The van der Waals surface area contributed by atoms with E-state index in [1.165, 1.54) is 13.3 Å². The van der Waals surface area contributed by atoms with E-state index in [1.807, 2.05) is 0 Å². The second-order valence-corrected chi connectivity index (χ2v) is 4.62. The molecule has 5 nitrogen and oxygen atoms in total. The third-order valence-electron chi connectivity index (χ3n) is 2.15. The van der Waals surface area contributed by atoms with E-state index < -0.39 is 5.60 Å². The fraction of sp³-hybridized carbons (Fsp3) is 0.400. The lowest BCUT2D eigenvalue weighted by Gasteiger charge is -2.21. The van der Waals surface area contributed by atoms with Gasteiger partial charge in [0.25, 0.3) is 5.91 Å². The highest BCUT2D eigenvalue weighted by atomic mass is 79.9. The normalized spacial score (nSPS) is 11.2. The molecule has 1 aromatic rings. The van der Waals surface area contributed by atoms with Crippen LogP contribution in [0.2, 0.25) is 0 Å². The molecule has 0 aliphatic carbocycles. The molecule has 0 fully saturated rings. The molecule has 0 saturated carbocycles. The summed E-state index contributed by atoms with van der Waals surface area (Å²) in [6.07, 6.45) is 1.47. The number of aromatic nitrogens is 1. The molecule has 0 aromatic carbocycles. The molecule has 0 atom stereocenters. The predicted molar refractivity (Wildman–Crippen MR) is 66.1 cm³/mol. The van der Waals surface area contributed by atoms with Gasteiger partial charge in [-0.15, -0.1) is 0 Å². The Morgan fingerprint density at radius 1 is 1.62 bits per heavy atom. The summed E-state index contributed by atoms with van der Waals surface area (Å²) in [6, 6.07) is 1.67. The largest absolute Gasteiger partial charge is 0.397 e. The highest BCUT2D eigenvalue weighted by Gasteiger charge is 2.27. The lowest BCUT2D eigenvalue weighted by molar-refractivity contribution is -0.133. The van der Waals surface area contributed by atoms with E-state index in [-0.39, 0.29) is 5.91 Å². The number of hydrogen-bond acceptors (Lipinski definition) is 4. The molecule has 0 radical (unpaired) electrons. The van der Waals surface area contributed by atoms with Gasteiger partial charge in [0, 0.05) is 7.11 Å². The fourth-order valence-corrected chi connectivity index (χ4v) is 1.36.